The molecule has 0 aliphatic rings. The summed E-state index contributed by atoms with van der Waals surface area (Å²) >= 11 is 6.63. The Balaban J connectivity index is 3.31. The minimum atomic E-state index is 1.09. The Bertz CT molecular complexity index is 232. The zero-order valence-electron chi connectivity index (χ0n) is 5.98. The number of benzene rings is 1. The van der Waals surface area contributed by atoms with Crippen molar-refractivity contribution >= 4 is 35.2 Å². The first kappa shape index (κ1) is 8.40. The SMILES string of the molecule is Cc1cc(I)cc(S)c1C. The van der Waals surface area contributed by atoms with Gasteiger partial charge in [0.05, 0.1) is 0 Å². The number of aryl methyl sites for hydroxylation is 1. The minimum absolute atomic E-state index is 1.09. The van der Waals surface area contributed by atoms with Gasteiger partial charge in [-0.15, -0.1) is 12.6 Å². The van der Waals surface area contributed by atoms with Crippen LogP contribution in [-0.4, -0.2) is 0 Å². The van der Waals surface area contributed by atoms with Crippen molar-refractivity contribution in [2.45, 2.75) is 18.7 Å². The molecule has 0 aliphatic heterocycles. The average Bonchev–Trinajstić information content (AvgIpc) is 1.82. The summed E-state index contributed by atoms with van der Waals surface area (Å²) in [6.07, 6.45) is 0. The van der Waals surface area contributed by atoms with Gasteiger partial charge in [0, 0.05) is 8.47 Å². The molecule has 1 rings (SSSR count). The van der Waals surface area contributed by atoms with Gasteiger partial charge in [-0.25, -0.2) is 0 Å². The van der Waals surface area contributed by atoms with Crippen LogP contribution in [0.15, 0.2) is 17.0 Å². The molecule has 0 saturated heterocycles. The van der Waals surface area contributed by atoms with Crippen molar-refractivity contribution in [1.82, 2.24) is 0 Å². The molecule has 1 aromatic rings. The van der Waals surface area contributed by atoms with Gasteiger partial charge >= 0.3 is 0 Å². The van der Waals surface area contributed by atoms with Gasteiger partial charge in [-0.3, -0.25) is 0 Å². The highest BCUT2D eigenvalue weighted by molar-refractivity contribution is 14.1. The largest absolute Gasteiger partial charge is 0.143 e. The Kier molecular flexibility index (Phi) is 2.63. The summed E-state index contributed by atoms with van der Waals surface area (Å²) in [5, 5.41) is 0. The molecule has 1 aromatic carbocycles. The van der Waals surface area contributed by atoms with Gasteiger partial charge < -0.3 is 0 Å². The quantitative estimate of drug-likeness (QED) is 0.540. The lowest BCUT2D eigenvalue weighted by Crippen LogP contribution is -1.84. The fourth-order valence-corrected chi connectivity index (χ4v) is 2.14. The van der Waals surface area contributed by atoms with E-state index in [1.54, 1.807) is 0 Å². The number of rotatable bonds is 0. The molecule has 0 heterocycles. The van der Waals surface area contributed by atoms with E-state index in [4.69, 9.17) is 0 Å². The Morgan fingerprint density at radius 3 is 2.40 bits per heavy atom. The summed E-state index contributed by atoms with van der Waals surface area (Å²) in [5.74, 6) is 0. The van der Waals surface area contributed by atoms with Gasteiger partial charge in [0.2, 0.25) is 0 Å². The molecule has 0 nitrogen and oxygen atoms in total. The molecular formula is C8H9IS. The van der Waals surface area contributed by atoms with Crippen molar-refractivity contribution in [3.05, 3.63) is 26.8 Å². The number of halogens is 1. The van der Waals surface area contributed by atoms with Gasteiger partial charge in [0.25, 0.3) is 0 Å². The van der Waals surface area contributed by atoms with Gasteiger partial charge in [-0.2, -0.15) is 0 Å². The van der Waals surface area contributed by atoms with Gasteiger partial charge in [-0.1, -0.05) is 0 Å². The van der Waals surface area contributed by atoms with Crippen LogP contribution in [0.5, 0.6) is 0 Å². The van der Waals surface area contributed by atoms with Crippen LogP contribution in [0, 0.1) is 17.4 Å². The summed E-state index contributed by atoms with van der Waals surface area (Å²) in [6.45, 7) is 4.20. The van der Waals surface area contributed by atoms with Crippen molar-refractivity contribution in [2.75, 3.05) is 0 Å². The third kappa shape index (κ3) is 1.66. The van der Waals surface area contributed by atoms with Crippen LogP contribution in [0.4, 0.5) is 0 Å². The number of hydrogen-bond donors (Lipinski definition) is 1. The first-order chi connectivity index (χ1) is 4.61. The van der Waals surface area contributed by atoms with E-state index in [2.05, 4.69) is 61.2 Å². The summed E-state index contributed by atoms with van der Waals surface area (Å²) in [7, 11) is 0. The summed E-state index contributed by atoms with van der Waals surface area (Å²) < 4.78 is 1.26. The molecule has 0 spiro atoms. The topological polar surface area (TPSA) is 0 Å². The van der Waals surface area contributed by atoms with Crippen LogP contribution in [0.2, 0.25) is 0 Å². The molecule has 0 unspecified atom stereocenters. The lowest BCUT2D eigenvalue weighted by molar-refractivity contribution is 1.22. The second-order valence-electron chi connectivity index (χ2n) is 2.37. The second kappa shape index (κ2) is 3.13. The Morgan fingerprint density at radius 2 is 1.90 bits per heavy atom. The van der Waals surface area contributed by atoms with Crippen molar-refractivity contribution in [1.29, 1.82) is 0 Å². The predicted octanol–water partition coefficient (Wildman–Crippen LogP) is 3.20. The van der Waals surface area contributed by atoms with Crippen LogP contribution in [-0.2, 0) is 0 Å². The van der Waals surface area contributed by atoms with E-state index in [9.17, 15) is 0 Å². The van der Waals surface area contributed by atoms with Crippen molar-refractivity contribution in [3.8, 4) is 0 Å². The predicted molar refractivity (Wildman–Crippen MR) is 55.9 cm³/mol. The smallest absolute Gasteiger partial charge is 0.0144 e. The molecule has 0 saturated carbocycles. The summed E-state index contributed by atoms with van der Waals surface area (Å²) in [6, 6.07) is 4.24. The molecule has 0 atom stereocenters. The maximum absolute atomic E-state index is 4.33. The third-order valence-corrected chi connectivity index (χ3v) is 2.69. The number of thiol groups is 1. The van der Waals surface area contributed by atoms with Gasteiger partial charge in [-0.05, 0) is 59.7 Å². The maximum Gasteiger partial charge on any atom is 0.0144 e. The van der Waals surface area contributed by atoms with Crippen LogP contribution in [0.3, 0.4) is 0 Å². The molecule has 0 aliphatic carbocycles. The number of hydrogen-bond acceptors (Lipinski definition) is 1. The van der Waals surface area contributed by atoms with Gasteiger partial charge in [0.15, 0.2) is 0 Å². The van der Waals surface area contributed by atoms with Crippen LogP contribution >= 0.6 is 35.2 Å². The fourth-order valence-electron chi connectivity index (χ4n) is 0.798. The molecule has 2 heteroatoms. The Labute approximate surface area is 80.6 Å². The summed E-state index contributed by atoms with van der Waals surface area (Å²) in [5.41, 5.74) is 2.60. The molecule has 0 N–H and O–H groups in total. The van der Waals surface area contributed by atoms with Gasteiger partial charge in [0.1, 0.15) is 0 Å². The minimum Gasteiger partial charge on any atom is -0.143 e. The highest BCUT2D eigenvalue weighted by atomic mass is 127. The highest BCUT2D eigenvalue weighted by Gasteiger charge is 1.97. The molecule has 0 amide bonds. The van der Waals surface area contributed by atoms with Crippen molar-refractivity contribution < 1.29 is 0 Å². The zero-order chi connectivity index (χ0) is 7.72. The van der Waals surface area contributed by atoms with E-state index < -0.39 is 0 Å². The van der Waals surface area contributed by atoms with Crippen molar-refractivity contribution in [2.24, 2.45) is 0 Å². The molecule has 0 aromatic heterocycles. The van der Waals surface area contributed by atoms with Crippen LogP contribution < -0.4 is 0 Å². The fraction of sp³-hybridized carbons (Fsp3) is 0.250. The normalized spacial score (nSPS) is 10.0. The molecule has 10 heavy (non-hydrogen) atoms. The van der Waals surface area contributed by atoms with E-state index in [1.807, 2.05) is 0 Å². The second-order valence-corrected chi connectivity index (χ2v) is 4.09. The standard InChI is InChI=1S/C8H9IS/c1-5-3-7(9)4-8(10)6(5)2/h3-4,10H,1-2H3. The Hall–Kier alpha value is 0.300. The first-order valence-corrected chi connectivity index (χ1v) is 4.59. The van der Waals surface area contributed by atoms with Crippen LogP contribution in [0.25, 0.3) is 0 Å². The molecule has 54 valence electrons. The van der Waals surface area contributed by atoms with E-state index >= 15 is 0 Å². The van der Waals surface area contributed by atoms with E-state index in [-0.39, 0.29) is 0 Å². The van der Waals surface area contributed by atoms with E-state index in [0.717, 1.165) is 4.90 Å². The molecule has 0 radical (unpaired) electrons. The molecule has 0 bridgehead atoms. The van der Waals surface area contributed by atoms with E-state index in [1.165, 1.54) is 14.7 Å². The maximum atomic E-state index is 4.33. The third-order valence-electron chi connectivity index (χ3n) is 1.60. The monoisotopic (exact) mass is 264 g/mol. The average molecular weight is 264 g/mol. The van der Waals surface area contributed by atoms with Crippen molar-refractivity contribution in [3.63, 3.8) is 0 Å². The molecule has 0 fully saturated rings. The zero-order valence-corrected chi connectivity index (χ0v) is 9.03. The Morgan fingerprint density at radius 1 is 1.30 bits per heavy atom. The highest BCUT2D eigenvalue weighted by Crippen LogP contribution is 2.20. The first-order valence-electron chi connectivity index (χ1n) is 3.07. The van der Waals surface area contributed by atoms with E-state index in [0.29, 0.717) is 0 Å². The van der Waals surface area contributed by atoms with Crippen LogP contribution in [0.1, 0.15) is 11.1 Å². The lowest BCUT2D eigenvalue weighted by atomic mass is 10.1. The lowest BCUT2D eigenvalue weighted by Gasteiger charge is -2.03. The summed E-state index contributed by atoms with van der Waals surface area (Å²) in [4.78, 5) is 1.09. The molecular weight excluding hydrogens is 255 g/mol.